The summed E-state index contributed by atoms with van der Waals surface area (Å²) in [4.78, 5) is 13.5. The lowest BCUT2D eigenvalue weighted by Gasteiger charge is -2.37. The molecule has 0 aliphatic carbocycles. The van der Waals surface area contributed by atoms with E-state index >= 15 is 0 Å². The highest BCUT2D eigenvalue weighted by atomic mass is 16.5. The minimum atomic E-state index is -1.03. The molecule has 1 aliphatic rings. The van der Waals surface area contributed by atoms with E-state index in [1.165, 1.54) is 0 Å². The first kappa shape index (κ1) is 26.5. The maximum Gasteiger partial charge on any atom is 0.321 e. The van der Waals surface area contributed by atoms with Gasteiger partial charge in [0.05, 0.1) is 34.0 Å². The van der Waals surface area contributed by atoms with Crippen molar-refractivity contribution < 1.29 is 34.0 Å². The summed E-state index contributed by atoms with van der Waals surface area (Å²) in [7, 11) is 4.86. The molecule has 0 saturated carbocycles. The smallest absolute Gasteiger partial charge is 0.321 e. The fourth-order valence-corrected chi connectivity index (χ4v) is 4.93. The summed E-state index contributed by atoms with van der Waals surface area (Å²) in [6.45, 7) is 0.861. The molecule has 37 heavy (non-hydrogen) atoms. The van der Waals surface area contributed by atoms with Gasteiger partial charge < -0.3 is 29.2 Å². The summed E-state index contributed by atoms with van der Waals surface area (Å²) in [6, 6.07) is 22.4. The third kappa shape index (κ3) is 5.56. The maximum absolute atomic E-state index is 11.7. The molecule has 0 bridgehead atoms. The largest absolute Gasteiger partial charge is 0.497 e. The third-order valence-electron chi connectivity index (χ3n) is 6.85. The zero-order chi connectivity index (χ0) is 26.4. The first-order chi connectivity index (χ1) is 17.9. The number of aliphatic hydroxyl groups is 1. The number of ether oxygens (including phenoxy) is 4. The van der Waals surface area contributed by atoms with Gasteiger partial charge in [-0.15, -0.1) is 0 Å². The SMILES string of the molecule is COc1ccc(C(OCCN2C[C@@H](O)C[C@H]2C(=O)O)(c2ccc(OC)cc2)c2ccc(OC)cc2)cc1. The van der Waals surface area contributed by atoms with Gasteiger partial charge in [-0.1, -0.05) is 36.4 Å². The van der Waals surface area contributed by atoms with Gasteiger partial charge in [-0.3, -0.25) is 9.69 Å². The summed E-state index contributed by atoms with van der Waals surface area (Å²) in [6.07, 6.45) is -0.466. The maximum atomic E-state index is 11.7. The Morgan fingerprint density at radius 1 is 0.811 bits per heavy atom. The van der Waals surface area contributed by atoms with E-state index in [9.17, 15) is 15.0 Å². The number of rotatable bonds is 11. The van der Waals surface area contributed by atoms with Gasteiger partial charge in [0, 0.05) is 19.5 Å². The highest BCUT2D eigenvalue weighted by Crippen LogP contribution is 2.42. The van der Waals surface area contributed by atoms with Crippen LogP contribution in [0.4, 0.5) is 0 Å². The molecule has 2 atom stereocenters. The fraction of sp³-hybridized carbons (Fsp3) is 0.345. The molecule has 0 aromatic heterocycles. The van der Waals surface area contributed by atoms with Crippen LogP contribution in [0.15, 0.2) is 72.8 Å². The van der Waals surface area contributed by atoms with Crippen LogP contribution in [0, 0.1) is 0 Å². The number of methoxy groups -OCH3 is 3. The zero-order valence-corrected chi connectivity index (χ0v) is 21.3. The second kappa shape index (κ2) is 11.6. The van der Waals surface area contributed by atoms with Gasteiger partial charge in [-0.2, -0.15) is 0 Å². The topological polar surface area (TPSA) is 97.7 Å². The van der Waals surface area contributed by atoms with Crippen molar-refractivity contribution in [2.45, 2.75) is 24.2 Å². The molecule has 0 amide bonds. The van der Waals surface area contributed by atoms with Gasteiger partial charge >= 0.3 is 5.97 Å². The molecule has 1 aliphatic heterocycles. The van der Waals surface area contributed by atoms with Crippen LogP contribution in [0.25, 0.3) is 0 Å². The normalized spacial score (nSPS) is 17.9. The van der Waals surface area contributed by atoms with Gasteiger partial charge in [-0.25, -0.2) is 0 Å². The van der Waals surface area contributed by atoms with Crippen LogP contribution in [0.1, 0.15) is 23.1 Å². The van der Waals surface area contributed by atoms with Crippen molar-refractivity contribution in [3.63, 3.8) is 0 Å². The van der Waals surface area contributed by atoms with Crippen molar-refractivity contribution in [3.05, 3.63) is 89.5 Å². The average molecular weight is 508 g/mol. The van der Waals surface area contributed by atoms with E-state index in [1.807, 2.05) is 72.8 Å². The minimum absolute atomic E-state index is 0.204. The number of hydrogen-bond acceptors (Lipinski definition) is 7. The van der Waals surface area contributed by atoms with Crippen LogP contribution in [0.5, 0.6) is 17.2 Å². The van der Waals surface area contributed by atoms with Crippen molar-refractivity contribution in [1.82, 2.24) is 4.90 Å². The number of carbonyl (C=O) groups is 1. The predicted molar refractivity (Wildman–Crippen MR) is 138 cm³/mol. The number of benzene rings is 3. The van der Waals surface area contributed by atoms with E-state index in [2.05, 4.69) is 0 Å². The number of likely N-dealkylation sites (tertiary alicyclic amines) is 1. The Bertz CT molecular complexity index is 1050. The van der Waals surface area contributed by atoms with Gasteiger partial charge in [-0.05, 0) is 53.1 Å². The molecule has 1 fully saturated rings. The number of aliphatic carboxylic acids is 1. The van der Waals surface area contributed by atoms with Crippen molar-refractivity contribution in [2.24, 2.45) is 0 Å². The average Bonchev–Trinajstić information content (AvgIpc) is 3.32. The molecule has 3 aromatic rings. The zero-order valence-electron chi connectivity index (χ0n) is 21.3. The summed E-state index contributed by atoms with van der Waals surface area (Å²) in [5, 5.41) is 19.7. The van der Waals surface area contributed by atoms with E-state index in [4.69, 9.17) is 18.9 Å². The Morgan fingerprint density at radius 2 is 1.22 bits per heavy atom. The van der Waals surface area contributed by atoms with Crippen molar-refractivity contribution in [2.75, 3.05) is 41.0 Å². The Morgan fingerprint density at radius 3 is 1.57 bits per heavy atom. The lowest BCUT2D eigenvalue weighted by molar-refractivity contribution is -0.142. The number of carboxylic acids is 1. The summed E-state index contributed by atoms with van der Waals surface area (Å²) in [5.41, 5.74) is 1.60. The predicted octanol–water partition coefficient (Wildman–Crippen LogP) is 3.54. The molecule has 1 heterocycles. The molecule has 1 saturated heterocycles. The minimum Gasteiger partial charge on any atom is -0.497 e. The van der Waals surface area contributed by atoms with E-state index in [1.54, 1.807) is 26.2 Å². The molecular weight excluding hydrogens is 474 g/mol. The molecule has 3 aromatic carbocycles. The van der Waals surface area contributed by atoms with Gasteiger partial charge in [0.15, 0.2) is 0 Å². The molecular formula is C29H33NO7. The number of aliphatic hydroxyl groups excluding tert-OH is 1. The van der Waals surface area contributed by atoms with E-state index in [0.717, 1.165) is 33.9 Å². The Balaban J connectivity index is 1.78. The van der Waals surface area contributed by atoms with Crippen molar-refractivity contribution in [1.29, 1.82) is 0 Å². The highest BCUT2D eigenvalue weighted by molar-refractivity contribution is 5.74. The molecule has 8 nitrogen and oxygen atoms in total. The number of nitrogens with zero attached hydrogens (tertiary/aromatic N) is 1. The monoisotopic (exact) mass is 507 g/mol. The second-order valence-electron chi connectivity index (χ2n) is 8.95. The number of hydrogen-bond donors (Lipinski definition) is 2. The van der Waals surface area contributed by atoms with Crippen LogP contribution >= 0.6 is 0 Å². The quantitative estimate of drug-likeness (QED) is 0.381. The summed E-state index contributed by atoms with van der Waals surface area (Å²) in [5.74, 6) is 1.22. The Labute approximate surface area is 217 Å². The molecule has 0 radical (unpaired) electrons. The summed E-state index contributed by atoms with van der Waals surface area (Å²) < 4.78 is 23.0. The highest BCUT2D eigenvalue weighted by Gasteiger charge is 2.40. The number of carboxylic acid groups (broad SMARTS) is 1. The number of β-amino-alcohol motifs (C(OH)–C–C–N with tert-alkyl or cyclic N) is 1. The van der Waals surface area contributed by atoms with Gasteiger partial charge in [0.2, 0.25) is 0 Å². The lowest BCUT2D eigenvalue weighted by Crippen LogP contribution is -2.40. The summed E-state index contributed by atoms with van der Waals surface area (Å²) >= 11 is 0. The first-order valence-corrected chi connectivity index (χ1v) is 12.1. The third-order valence-corrected chi connectivity index (χ3v) is 6.85. The lowest BCUT2D eigenvalue weighted by atomic mass is 9.80. The van der Waals surface area contributed by atoms with Crippen LogP contribution in [-0.2, 0) is 15.1 Å². The van der Waals surface area contributed by atoms with Crippen molar-refractivity contribution >= 4 is 5.97 Å². The van der Waals surface area contributed by atoms with Crippen LogP contribution in [0.2, 0.25) is 0 Å². The standard InChI is InChI=1S/C29H33NO7/c1-34-24-10-4-20(5-11-24)29(21-6-12-25(35-2)13-7-21,22-8-14-26(36-3)15-9-22)37-17-16-30-19-23(31)18-27(30)28(32)33/h4-15,23,27,31H,16-19H2,1-3H3,(H,32,33)/t23-,27-/m0/s1. The van der Waals surface area contributed by atoms with Crippen LogP contribution < -0.4 is 14.2 Å². The molecule has 8 heteroatoms. The van der Waals surface area contributed by atoms with Crippen molar-refractivity contribution in [3.8, 4) is 17.2 Å². The van der Waals surface area contributed by atoms with Gasteiger partial charge in [0.1, 0.15) is 28.9 Å². The molecule has 2 N–H and O–H groups in total. The first-order valence-electron chi connectivity index (χ1n) is 12.1. The second-order valence-corrected chi connectivity index (χ2v) is 8.95. The van der Waals surface area contributed by atoms with E-state index in [0.29, 0.717) is 13.1 Å². The molecule has 196 valence electrons. The molecule has 0 unspecified atom stereocenters. The van der Waals surface area contributed by atoms with E-state index < -0.39 is 23.7 Å². The van der Waals surface area contributed by atoms with Crippen LogP contribution in [0.3, 0.4) is 0 Å². The molecule has 4 rings (SSSR count). The van der Waals surface area contributed by atoms with Gasteiger partial charge in [0.25, 0.3) is 0 Å². The fourth-order valence-electron chi connectivity index (χ4n) is 4.93. The van der Waals surface area contributed by atoms with E-state index in [-0.39, 0.29) is 13.0 Å². The Hall–Kier alpha value is -3.59. The Kier molecular flexibility index (Phi) is 8.33. The molecule has 0 spiro atoms. The van der Waals surface area contributed by atoms with Crippen LogP contribution in [-0.4, -0.2) is 74.3 Å².